The number of hydrogen-bond donors (Lipinski definition) is 4. The minimum Gasteiger partial charge on any atom is -0.504 e. The number of hydrogen-bond acceptors (Lipinski definition) is 9. The lowest BCUT2D eigenvalue weighted by Crippen LogP contribution is -2.31. The molecule has 5 atom stereocenters. The fraction of sp³-hybridized carbons (Fsp3) is 0.346. The normalized spacial score (nSPS) is 23.9. The number of imidazole rings is 1. The van der Waals surface area contributed by atoms with E-state index in [1.165, 1.54) is 18.4 Å². The van der Waals surface area contributed by atoms with Gasteiger partial charge in [0.1, 0.15) is 6.10 Å². The minimum atomic E-state index is -0.875. The van der Waals surface area contributed by atoms with Crippen LogP contribution in [-0.4, -0.2) is 60.7 Å². The molecule has 0 spiro atoms. The van der Waals surface area contributed by atoms with E-state index in [-0.39, 0.29) is 23.6 Å². The predicted molar refractivity (Wildman–Crippen MR) is 140 cm³/mol. The number of fused-ring (bicyclic) bond motifs is 2. The van der Waals surface area contributed by atoms with Gasteiger partial charge >= 0.3 is 0 Å². The average Bonchev–Trinajstić information content (AvgIpc) is 3.26. The van der Waals surface area contributed by atoms with Gasteiger partial charge in [0.25, 0.3) is 0 Å². The number of nitrogens with zero attached hydrogens (tertiary/aromatic N) is 4. The Kier molecular flexibility index (Phi) is 6.16. The Labute approximate surface area is 221 Å². The van der Waals surface area contributed by atoms with Crippen LogP contribution >= 0.6 is 22.9 Å². The van der Waals surface area contributed by atoms with Gasteiger partial charge in [-0.2, -0.15) is 0 Å². The molecule has 190 valence electrons. The van der Waals surface area contributed by atoms with Gasteiger partial charge in [0.15, 0.2) is 28.5 Å². The van der Waals surface area contributed by atoms with E-state index < -0.39 is 12.2 Å². The molecule has 0 amide bonds. The fourth-order valence-electron chi connectivity index (χ4n) is 5.12. The summed E-state index contributed by atoms with van der Waals surface area (Å²) in [5.74, 6) is 7.75. The van der Waals surface area contributed by atoms with Crippen LogP contribution in [0, 0.1) is 23.7 Å². The number of halogens is 1. The second-order valence-corrected chi connectivity index (χ2v) is 11.0. The number of thiophene rings is 1. The molecule has 3 aromatic heterocycles. The van der Waals surface area contributed by atoms with Gasteiger partial charge in [0.2, 0.25) is 5.82 Å². The van der Waals surface area contributed by atoms with Gasteiger partial charge in [0, 0.05) is 6.54 Å². The highest BCUT2D eigenvalue weighted by Crippen LogP contribution is 2.57. The van der Waals surface area contributed by atoms with Crippen LogP contribution in [0.2, 0.25) is 4.34 Å². The maximum absolute atomic E-state index is 10.7. The Morgan fingerprint density at radius 3 is 2.76 bits per heavy atom. The molecule has 0 aliphatic heterocycles. The molecule has 2 saturated carbocycles. The lowest BCUT2D eigenvalue weighted by atomic mass is 10.1. The zero-order valence-electron chi connectivity index (χ0n) is 19.8. The van der Waals surface area contributed by atoms with Crippen molar-refractivity contribution in [1.29, 1.82) is 0 Å². The smallest absolute Gasteiger partial charge is 0.209 e. The van der Waals surface area contributed by atoms with Crippen LogP contribution in [0.1, 0.15) is 28.7 Å². The summed E-state index contributed by atoms with van der Waals surface area (Å²) < 4.78 is 7.71. The van der Waals surface area contributed by atoms with Gasteiger partial charge in [-0.1, -0.05) is 17.7 Å². The van der Waals surface area contributed by atoms with Crippen LogP contribution in [0.5, 0.6) is 11.5 Å². The molecule has 37 heavy (non-hydrogen) atoms. The molecule has 0 saturated heterocycles. The van der Waals surface area contributed by atoms with E-state index in [1.54, 1.807) is 24.5 Å². The van der Waals surface area contributed by atoms with Crippen LogP contribution in [0.3, 0.4) is 0 Å². The molecule has 0 radical (unpaired) electrons. The molecule has 11 heteroatoms. The maximum atomic E-state index is 10.7. The van der Waals surface area contributed by atoms with Crippen molar-refractivity contribution in [2.45, 2.75) is 31.1 Å². The zero-order chi connectivity index (χ0) is 25.7. The van der Waals surface area contributed by atoms with Gasteiger partial charge in [0.05, 0.1) is 34.8 Å². The van der Waals surface area contributed by atoms with Crippen LogP contribution in [0.4, 0.5) is 5.82 Å². The molecule has 2 aliphatic rings. The topological polar surface area (TPSA) is 126 Å². The first-order chi connectivity index (χ1) is 17.9. The number of phenolic OH excluding ortho intramolecular Hbond substituents is 1. The number of aromatic hydroxyl groups is 1. The zero-order valence-corrected chi connectivity index (χ0v) is 21.4. The number of aromatic nitrogens is 4. The van der Waals surface area contributed by atoms with E-state index in [9.17, 15) is 15.3 Å². The van der Waals surface area contributed by atoms with Crippen LogP contribution < -0.4 is 10.1 Å². The summed E-state index contributed by atoms with van der Waals surface area (Å²) in [6.45, 7) is 0.537. The molecule has 4 aromatic rings. The first-order valence-electron chi connectivity index (χ1n) is 11.9. The Balaban J connectivity index is 1.33. The number of phenols is 1. The summed E-state index contributed by atoms with van der Waals surface area (Å²) in [6, 6.07) is 8.58. The number of aliphatic hydroxyl groups is 2. The van der Waals surface area contributed by atoms with Crippen molar-refractivity contribution in [2.75, 3.05) is 19.0 Å². The largest absolute Gasteiger partial charge is 0.504 e. The lowest BCUT2D eigenvalue weighted by molar-refractivity contribution is 0.00386. The summed E-state index contributed by atoms with van der Waals surface area (Å²) in [6.07, 6.45) is 1.57. The quantitative estimate of drug-likeness (QED) is 0.276. The molecule has 6 rings (SSSR count). The van der Waals surface area contributed by atoms with E-state index in [0.29, 0.717) is 45.9 Å². The number of methoxy groups -OCH3 is 1. The number of aliphatic hydroxyl groups excluding tert-OH is 2. The molecule has 2 fully saturated rings. The van der Waals surface area contributed by atoms with Gasteiger partial charge in [-0.15, -0.1) is 11.3 Å². The van der Waals surface area contributed by atoms with Crippen molar-refractivity contribution < 1.29 is 20.1 Å². The highest BCUT2D eigenvalue weighted by Gasteiger charge is 2.60. The monoisotopic (exact) mass is 537 g/mol. The van der Waals surface area contributed by atoms with Gasteiger partial charge in [-0.25, -0.2) is 15.0 Å². The van der Waals surface area contributed by atoms with Crippen molar-refractivity contribution >= 4 is 39.9 Å². The van der Waals surface area contributed by atoms with E-state index in [2.05, 4.69) is 32.1 Å². The summed E-state index contributed by atoms with van der Waals surface area (Å²) in [5, 5.41) is 34.2. The van der Waals surface area contributed by atoms with Crippen LogP contribution in [0.15, 0.2) is 36.7 Å². The van der Waals surface area contributed by atoms with E-state index in [0.717, 1.165) is 16.9 Å². The fourth-order valence-corrected chi connectivity index (χ4v) is 6.01. The minimum absolute atomic E-state index is 0.0922. The third-order valence-corrected chi connectivity index (χ3v) is 8.18. The molecule has 2 aliphatic carbocycles. The Hall–Kier alpha value is -3.36. The molecule has 9 nitrogen and oxygen atoms in total. The molecule has 3 heterocycles. The van der Waals surface area contributed by atoms with E-state index in [1.807, 2.05) is 16.7 Å². The second kappa shape index (κ2) is 9.50. The van der Waals surface area contributed by atoms with Crippen LogP contribution in [0.25, 0.3) is 11.2 Å². The third-order valence-electron chi connectivity index (χ3n) is 7.03. The van der Waals surface area contributed by atoms with Crippen molar-refractivity contribution in [3.63, 3.8) is 0 Å². The molecule has 0 unspecified atom stereocenters. The summed E-state index contributed by atoms with van der Waals surface area (Å²) in [5.41, 5.74) is 2.11. The second-order valence-electron chi connectivity index (χ2n) is 9.29. The summed E-state index contributed by atoms with van der Waals surface area (Å²) in [4.78, 5) is 14.7. The van der Waals surface area contributed by atoms with Gasteiger partial charge in [-0.3, -0.25) is 0 Å². The number of ether oxygens (including phenoxy) is 1. The Bertz CT molecular complexity index is 1540. The highest BCUT2D eigenvalue weighted by atomic mass is 35.5. The Morgan fingerprint density at radius 1 is 1.16 bits per heavy atom. The van der Waals surface area contributed by atoms with Crippen molar-refractivity contribution in [2.24, 2.45) is 11.8 Å². The number of rotatable bonds is 6. The van der Waals surface area contributed by atoms with E-state index >= 15 is 0 Å². The first kappa shape index (κ1) is 24.0. The lowest BCUT2D eigenvalue weighted by Gasteiger charge is -2.22. The van der Waals surface area contributed by atoms with Crippen molar-refractivity contribution in [3.8, 4) is 23.3 Å². The highest BCUT2D eigenvalue weighted by molar-refractivity contribution is 7.16. The van der Waals surface area contributed by atoms with Gasteiger partial charge < -0.3 is 29.9 Å². The Morgan fingerprint density at radius 2 is 2.03 bits per heavy atom. The van der Waals surface area contributed by atoms with Gasteiger partial charge in [-0.05, 0) is 66.3 Å². The van der Waals surface area contributed by atoms with Crippen molar-refractivity contribution in [3.05, 3.63) is 57.3 Å². The van der Waals surface area contributed by atoms with E-state index in [4.69, 9.17) is 16.3 Å². The number of benzene rings is 1. The predicted octanol–water partition coefficient (Wildman–Crippen LogP) is 3.22. The summed E-state index contributed by atoms with van der Waals surface area (Å²) in [7, 11) is 1.52. The number of nitrogens with one attached hydrogen (secondary N) is 1. The molecular formula is C26H24ClN5O4S. The summed E-state index contributed by atoms with van der Waals surface area (Å²) >= 11 is 7.41. The average molecular weight is 538 g/mol. The van der Waals surface area contributed by atoms with Crippen LogP contribution in [-0.2, 0) is 6.42 Å². The SMILES string of the molecule is COc1cc(CCNc2nc(C#Cc3ccc(Cl)s3)nc3c2ncn3[C@H]2[C@H](O)[C@H](O)[C@@H]3C[C@@H]32)ccc1O. The first-order valence-corrected chi connectivity index (χ1v) is 13.1. The maximum Gasteiger partial charge on any atom is 0.209 e. The standard InChI is InChI=1S/C26H24ClN5O4S/c1-36-18-10-13(2-5-17(18)33)8-9-28-25-21-26(31-20(30-25)7-4-14-3-6-19(27)37-14)32(12-29-21)22-15-11-16(15)23(34)24(22)35/h2-3,5-6,10,12,15-16,22-24,33-35H,8-9,11H2,1H3,(H,28,30,31)/t15-,16+,22+,23+,24-/m0/s1. The van der Waals surface area contributed by atoms with Crippen molar-refractivity contribution in [1.82, 2.24) is 19.5 Å². The molecule has 0 bridgehead atoms. The molecule has 4 N–H and O–H groups in total. The third kappa shape index (κ3) is 4.49. The number of anilines is 1. The molecular weight excluding hydrogens is 514 g/mol. The molecule has 1 aromatic carbocycles.